The van der Waals surface area contributed by atoms with Crippen molar-refractivity contribution in [1.29, 1.82) is 0 Å². The maximum Gasteiger partial charge on any atom is 0.356 e. The summed E-state index contributed by atoms with van der Waals surface area (Å²) in [6.07, 6.45) is 1.58. The highest BCUT2D eigenvalue weighted by molar-refractivity contribution is 5.85. The van der Waals surface area contributed by atoms with Crippen LogP contribution in [0.4, 0.5) is 0 Å². The van der Waals surface area contributed by atoms with Crippen molar-refractivity contribution in [3.05, 3.63) is 35.5 Å². The van der Waals surface area contributed by atoms with Crippen LogP contribution in [0.1, 0.15) is 21.9 Å². The molecular formula is C10H11N3O4. The summed E-state index contributed by atoms with van der Waals surface area (Å²) in [5.74, 6) is -0.433. The van der Waals surface area contributed by atoms with E-state index in [4.69, 9.17) is 14.4 Å². The third kappa shape index (κ3) is 2.70. The molecule has 2 rings (SSSR count). The van der Waals surface area contributed by atoms with Crippen molar-refractivity contribution in [3.8, 4) is 0 Å². The molecule has 0 bridgehead atoms. The maximum absolute atomic E-state index is 10.6. The van der Waals surface area contributed by atoms with E-state index >= 15 is 0 Å². The summed E-state index contributed by atoms with van der Waals surface area (Å²) in [4.78, 5) is 10.6. The molecule has 2 aromatic rings. The predicted octanol–water partition coefficient (Wildman–Crippen LogP) is 0.764. The van der Waals surface area contributed by atoms with Gasteiger partial charge in [0.15, 0.2) is 11.5 Å². The van der Waals surface area contributed by atoms with E-state index in [0.717, 1.165) is 0 Å². The van der Waals surface area contributed by atoms with E-state index in [-0.39, 0.29) is 5.69 Å². The average molecular weight is 237 g/mol. The van der Waals surface area contributed by atoms with Gasteiger partial charge in [-0.25, -0.2) is 4.79 Å². The number of carbonyl (C=O) groups is 1. The number of hydrogen-bond donors (Lipinski definition) is 1. The van der Waals surface area contributed by atoms with Crippen molar-refractivity contribution in [2.24, 2.45) is 0 Å². The van der Waals surface area contributed by atoms with Gasteiger partial charge in [-0.15, -0.1) is 0 Å². The van der Waals surface area contributed by atoms with E-state index in [1.54, 1.807) is 19.4 Å². The third-order valence-corrected chi connectivity index (χ3v) is 2.08. The fourth-order valence-corrected chi connectivity index (χ4v) is 1.37. The minimum Gasteiger partial charge on any atom is -0.476 e. The largest absolute Gasteiger partial charge is 0.476 e. The lowest BCUT2D eigenvalue weighted by Gasteiger charge is -1.95. The lowest BCUT2D eigenvalue weighted by Crippen LogP contribution is -2.04. The molecule has 2 heterocycles. The van der Waals surface area contributed by atoms with Crippen LogP contribution in [-0.2, 0) is 17.9 Å². The van der Waals surface area contributed by atoms with Crippen LogP contribution in [0.25, 0.3) is 0 Å². The Hall–Kier alpha value is -2.15. The minimum atomic E-state index is -1.05. The van der Waals surface area contributed by atoms with Crippen LogP contribution >= 0.6 is 0 Å². The topological polar surface area (TPSA) is 90.4 Å². The Morgan fingerprint density at radius 2 is 2.47 bits per heavy atom. The Kier molecular flexibility index (Phi) is 3.20. The van der Waals surface area contributed by atoms with E-state index in [1.807, 2.05) is 0 Å². The van der Waals surface area contributed by atoms with Crippen molar-refractivity contribution in [3.63, 3.8) is 0 Å². The SMILES string of the molecule is COCc1cc(Cn2ccc(C(=O)O)n2)no1. The van der Waals surface area contributed by atoms with Crippen molar-refractivity contribution in [1.82, 2.24) is 14.9 Å². The third-order valence-electron chi connectivity index (χ3n) is 2.08. The first-order valence-corrected chi connectivity index (χ1v) is 4.89. The van der Waals surface area contributed by atoms with E-state index in [9.17, 15) is 4.79 Å². The molecule has 0 aliphatic heterocycles. The molecular weight excluding hydrogens is 226 g/mol. The first kappa shape index (κ1) is 11.3. The van der Waals surface area contributed by atoms with Crippen LogP contribution in [0.5, 0.6) is 0 Å². The average Bonchev–Trinajstić information content (AvgIpc) is 2.89. The molecule has 1 N–H and O–H groups in total. The van der Waals surface area contributed by atoms with Crippen molar-refractivity contribution < 1.29 is 19.2 Å². The van der Waals surface area contributed by atoms with Crippen molar-refractivity contribution in [2.45, 2.75) is 13.2 Å². The molecule has 0 spiro atoms. The summed E-state index contributed by atoms with van der Waals surface area (Å²) >= 11 is 0. The zero-order chi connectivity index (χ0) is 12.3. The summed E-state index contributed by atoms with van der Waals surface area (Å²) in [6.45, 7) is 0.715. The van der Waals surface area contributed by atoms with Gasteiger partial charge in [-0.3, -0.25) is 4.68 Å². The second-order valence-corrected chi connectivity index (χ2v) is 3.42. The zero-order valence-electron chi connectivity index (χ0n) is 9.16. The lowest BCUT2D eigenvalue weighted by atomic mass is 10.4. The van der Waals surface area contributed by atoms with Crippen LogP contribution in [0.3, 0.4) is 0 Å². The quantitative estimate of drug-likeness (QED) is 0.825. The van der Waals surface area contributed by atoms with Crippen LogP contribution < -0.4 is 0 Å². The van der Waals surface area contributed by atoms with E-state index in [2.05, 4.69) is 10.3 Å². The van der Waals surface area contributed by atoms with Gasteiger partial charge in [0, 0.05) is 19.4 Å². The number of methoxy groups -OCH3 is 1. The molecule has 0 aliphatic rings. The Morgan fingerprint density at radius 1 is 1.65 bits per heavy atom. The van der Waals surface area contributed by atoms with Gasteiger partial charge in [-0.2, -0.15) is 5.10 Å². The Morgan fingerprint density at radius 3 is 3.12 bits per heavy atom. The highest BCUT2D eigenvalue weighted by atomic mass is 16.5. The van der Waals surface area contributed by atoms with Gasteiger partial charge in [0.05, 0.1) is 6.54 Å². The molecule has 90 valence electrons. The molecule has 2 aromatic heterocycles. The fraction of sp³-hybridized carbons (Fsp3) is 0.300. The minimum absolute atomic E-state index is 0.00519. The Labute approximate surface area is 96.6 Å². The number of hydrogen-bond acceptors (Lipinski definition) is 5. The van der Waals surface area contributed by atoms with Crippen LogP contribution in [0.15, 0.2) is 22.9 Å². The number of rotatable bonds is 5. The molecule has 0 atom stereocenters. The lowest BCUT2D eigenvalue weighted by molar-refractivity contribution is 0.0689. The fourth-order valence-electron chi connectivity index (χ4n) is 1.37. The molecule has 0 radical (unpaired) electrons. The summed E-state index contributed by atoms with van der Waals surface area (Å²) in [7, 11) is 1.56. The van der Waals surface area contributed by atoms with Gasteiger partial charge >= 0.3 is 5.97 Å². The van der Waals surface area contributed by atoms with Gasteiger partial charge in [0.1, 0.15) is 12.3 Å². The number of aromatic carboxylic acids is 1. The molecule has 0 aromatic carbocycles. The summed E-state index contributed by atoms with van der Waals surface area (Å²) < 4.78 is 11.4. The van der Waals surface area contributed by atoms with Gasteiger partial charge in [-0.05, 0) is 6.07 Å². The first-order valence-electron chi connectivity index (χ1n) is 4.89. The second-order valence-electron chi connectivity index (χ2n) is 3.42. The normalized spacial score (nSPS) is 10.6. The molecule has 0 fully saturated rings. The second kappa shape index (κ2) is 4.79. The number of nitrogens with zero attached hydrogens (tertiary/aromatic N) is 3. The Balaban J connectivity index is 2.05. The van der Waals surface area contributed by atoms with Crippen LogP contribution in [0, 0.1) is 0 Å². The molecule has 0 amide bonds. The van der Waals surface area contributed by atoms with E-state index in [1.165, 1.54) is 10.7 Å². The predicted molar refractivity (Wildman–Crippen MR) is 55.5 cm³/mol. The molecule has 0 saturated heterocycles. The molecule has 17 heavy (non-hydrogen) atoms. The maximum atomic E-state index is 10.6. The monoisotopic (exact) mass is 237 g/mol. The van der Waals surface area contributed by atoms with E-state index in [0.29, 0.717) is 24.6 Å². The summed E-state index contributed by atoms with van der Waals surface area (Å²) in [5.41, 5.74) is 0.669. The van der Waals surface area contributed by atoms with E-state index < -0.39 is 5.97 Å². The van der Waals surface area contributed by atoms with Gasteiger partial charge < -0.3 is 14.4 Å². The van der Waals surface area contributed by atoms with Crippen LogP contribution in [-0.4, -0.2) is 33.1 Å². The van der Waals surface area contributed by atoms with Gasteiger partial charge in [-0.1, -0.05) is 5.16 Å². The molecule has 0 aliphatic carbocycles. The standard InChI is InChI=1S/C10H11N3O4/c1-16-6-8-4-7(12-17-8)5-13-3-2-9(11-13)10(14)15/h2-4H,5-6H2,1H3,(H,14,15). The van der Waals surface area contributed by atoms with Crippen molar-refractivity contribution in [2.75, 3.05) is 7.11 Å². The zero-order valence-corrected chi connectivity index (χ0v) is 9.16. The molecule has 7 heteroatoms. The summed E-state index contributed by atoms with van der Waals surface area (Å²) in [6, 6.07) is 3.17. The highest BCUT2D eigenvalue weighted by Crippen LogP contribution is 2.06. The smallest absolute Gasteiger partial charge is 0.356 e. The van der Waals surface area contributed by atoms with Crippen LogP contribution in [0.2, 0.25) is 0 Å². The molecule has 7 nitrogen and oxygen atoms in total. The van der Waals surface area contributed by atoms with Gasteiger partial charge in [0.2, 0.25) is 0 Å². The highest BCUT2D eigenvalue weighted by Gasteiger charge is 2.09. The van der Waals surface area contributed by atoms with Crippen molar-refractivity contribution >= 4 is 5.97 Å². The summed E-state index contributed by atoms with van der Waals surface area (Å²) in [5, 5.41) is 16.4. The molecule has 0 unspecified atom stereocenters. The number of aromatic nitrogens is 3. The molecule has 0 saturated carbocycles. The Bertz CT molecular complexity index is 517. The first-order chi connectivity index (χ1) is 8.19. The number of ether oxygens (including phenoxy) is 1. The number of carboxylic acids is 1. The van der Waals surface area contributed by atoms with Gasteiger partial charge in [0.25, 0.3) is 0 Å². The number of carboxylic acid groups (broad SMARTS) is 1.